The van der Waals surface area contributed by atoms with Gasteiger partial charge in [-0.25, -0.2) is 0 Å². The molecule has 5 nitrogen and oxygen atoms in total. The summed E-state index contributed by atoms with van der Waals surface area (Å²) in [5.41, 5.74) is 1.57. The average molecular weight is 396 g/mol. The molecule has 0 radical (unpaired) electrons. The lowest BCUT2D eigenvalue weighted by Gasteiger charge is -2.17. The van der Waals surface area contributed by atoms with Crippen molar-refractivity contribution in [3.63, 3.8) is 0 Å². The third kappa shape index (κ3) is 5.40. The van der Waals surface area contributed by atoms with Gasteiger partial charge in [0.15, 0.2) is 6.61 Å². The molecule has 3 rings (SSSR count). The lowest BCUT2D eigenvalue weighted by Crippen LogP contribution is -2.24. The number of carbonyl (C=O) groups excluding carboxylic acids is 2. The highest BCUT2D eigenvalue weighted by Gasteiger charge is 2.28. The second kappa shape index (κ2) is 7.91. The fourth-order valence-electron chi connectivity index (χ4n) is 2.42. The van der Waals surface area contributed by atoms with Crippen molar-refractivity contribution in [3.05, 3.63) is 53.6 Å². The van der Waals surface area contributed by atoms with E-state index >= 15 is 0 Å². The first-order valence-corrected chi connectivity index (χ1v) is 8.92. The standard InChI is InChI=1S/C18H15F3N2O3S/c19-18(20,21)10-26-13-3-1-2-11(6-13)8-22-17(25)12-4-5-15-14(7-12)23-16(24)9-27-15/h1-7H,8-10H2,(H,22,25)(H,23,24). The van der Waals surface area contributed by atoms with Crippen molar-refractivity contribution in [1.82, 2.24) is 5.32 Å². The fraction of sp³-hybridized carbons (Fsp3) is 0.222. The first kappa shape index (κ1) is 19.1. The van der Waals surface area contributed by atoms with E-state index in [1.54, 1.807) is 30.3 Å². The van der Waals surface area contributed by atoms with E-state index in [0.717, 1.165) is 4.90 Å². The largest absolute Gasteiger partial charge is 0.484 e. The van der Waals surface area contributed by atoms with E-state index < -0.39 is 12.8 Å². The summed E-state index contributed by atoms with van der Waals surface area (Å²) < 4.78 is 41.3. The molecule has 1 aliphatic heterocycles. The van der Waals surface area contributed by atoms with Crippen molar-refractivity contribution in [2.24, 2.45) is 0 Å². The molecule has 2 aromatic rings. The molecule has 1 heterocycles. The lowest BCUT2D eigenvalue weighted by atomic mass is 10.1. The van der Waals surface area contributed by atoms with Gasteiger partial charge in [-0.05, 0) is 35.9 Å². The molecule has 0 aromatic heterocycles. The Morgan fingerprint density at radius 2 is 2.04 bits per heavy atom. The molecular weight excluding hydrogens is 381 g/mol. The number of amides is 2. The van der Waals surface area contributed by atoms with Gasteiger partial charge in [-0.15, -0.1) is 11.8 Å². The molecule has 0 saturated carbocycles. The highest BCUT2D eigenvalue weighted by molar-refractivity contribution is 8.00. The van der Waals surface area contributed by atoms with Crippen molar-refractivity contribution in [3.8, 4) is 5.75 Å². The number of halogens is 3. The van der Waals surface area contributed by atoms with Crippen LogP contribution in [-0.4, -0.2) is 30.4 Å². The maximum Gasteiger partial charge on any atom is 0.422 e. The Morgan fingerprint density at radius 3 is 2.81 bits per heavy atom. The number of hydrogen-bond acceptors (Lipinski definition) is 4. The zero-order valence-electron chi connectivity index (χ0n) is 13.9. The Balaban J connectivity index is 1.61. The summed E-state index contributed by atoms with van der Waals surface area (Å²) in [6, 6.07) is 11.1. The minimum Gasteiger partial charge on any atom is -0.484 e. The lowest BCUT2D eigenvalue weighted by molar-refractivity contribution is -0.153. The minimum atomic E-state index is -4.41. The monoisotopic (exact) mass is 396 g/mol. The molecule has 0 bridgehead atoms. The quantitative estimate of drug-likeness (QED) is 0.811. The van der Waals surface area contributed by atoms with E-state index in [9.17, 15) is 22.8 Å². The van der Waals surface area contributed by atoms with Gasteiger partial charge in [0.25, 0.3) is 5.91 Å². The first-order chi connectivity index (χ1) is 12.8. The molecule has 2 aromatic carbocycles. The van der Waals surface area contributed by atoms with Gasteiger partial charge < -0.3 is 15.4 Å². The smallest absolute Gasteiger partial charge is 0.422 e. The molecule has 9 heteroatoms. The van der Waals surface area contributed by atoms with E-state index in [0.29, 0.717) is 22.6 Å². The van der Waals surface area contributed by atoms with Crippen molar-refractivity contribution in [2.75, 3.05) is 17.7 Å². The number of rotatable bonds is 5. The maximum absolute atomic E-state index is 12.3. The predicted molar refractivity (Wildman–Crippen MR) is 95.0 cm³/mol. The van der Waals surface area contributed by atoms with E-state index in [1.807, 2.05) is 0 Å². The Hall–Kier alpha value is -2.68. The Bertz CT molecular complexity index is 871. The zero-order chi connectivity index (χ0) is 19.4. The summed E-state index contributed by atoms with van der Waals surface area (Å²) in [4.78, 5) is 24.7. The van der Waals surface area contributed by atoms with Gasteiger partial charge >= 0.3 is 6.18 Å². The first-order valence-electron chi connectivity index (χ1n) is 7.93. The Morgan fingerprint density at radius 1 is 1.22 bits per heavy atom. The molecule has 142 valence electrons. The summed E-state index contributed by atoms with van der Waals surface area (Å²) in [5, 5.41) is 5.41. The molecule has 2 amide bonds. The van der Waals surface area contributed by atoms with Gasteiger partial charge in [-0.2, -0.15) is 13.2 Å². The highest BCUT2D eigenvalue weighted by Crippen LogP contribution is 2.32. The molecule has 2 N–H and O–H groups in total. The van der Waals surface area contributed by atoms with Gasteiger partial charge in [0, 0.05) is 17.0 Å². The van der Waals surface area contributed by atoms with Crippen molar-refractivity contribution >= 4 is 29.3 Å². The van der Waals surface area contributed by atoms with E-state index in [-0.39, 0.29) is 24.1 Å². The molecule has 0 aliphatic carbocycles. The summed E-state index contributed by atoms with van der Waals surface area (Å²) in [7, 11) is 0. The van der Waals surface area contributed by atoms with Crippen LogP contribution in [0.5, 0.6) is 5.75 Å². The number of carbonyl (C=O) groups is 2. The molecule has 1 aliphatic rings. The van der Waals surface area contributed by atoms with E-state index in [1.165, 1.54) is 23.9 Å². The number of hydrogen-bond donors (Lipinski definition) is 2. The van der Waals surface area contributed by atoms with Crippen LogP contribution in [0.25, 0.3) is 0 Å². The van der Waals surface area contributed by atoms with Gasteiger partial charge in [0.1, 0.15) is 5.75 Å². The van der Waals surface area contributed by atoms with Crippen LogP contribution in [0.4, 0.5) is 18.9 Å². The molecule has 0 saturated heterocycles. The average Bonchev–Trinajstić information content (AvgIpc) is 2.63. The molecule has 0 atom stereocenters. The fourth-order valence-corrected chi connectivity index (χ4v) is 3.21. The number of ether oxygens (including phenoxy) is 1. The number of anilines is 1. The van der Waals surface area contributed by atoms with Gasteiger partial charge in [0.05, 0.1) is 11.4 Å². The van der Waals surface area contributed by atoms with Crippen molar-refractivity contribution < 1.29 is 27.5 Å². The zero-order valence-corrected chi connectivity index (χ0v) is 14.7. The second-order valence-corrected chi connectivity index (χ2v) is 6.80. The number of thioether (sulfide) groups is 1. The van der Waals surface area contributed by atoms with Crippen LogP contribution in [0, 0.1) is 0 Å². The SMILES string of the molecule is O=C1CSc2ccc(C(=O)NCc3cccc(OCC(F)(F)F)c3)cc2N1. The molecule has 0 unspecified atom stereocenters. The number of alkyl halides is 3. The highest BCUT2D eigenvalue weighted by atomic mass is 32.2. The molecular formula is C18H15F3N2O3S. The molecule has 27 heavy (non-hydrogen) atoms. The van der Waals surface area contributed by atoms with E-state index in [4.69, 9.17) is 4.74 Å². The topological polar surface area (TPSA) is 67.4 Å². The van der Waals surface area contributed by atoms with Crippen LogP contribution in [0.1, 0.15) is 15.9 Å². The van der Waals surface area contributed by atoms with E-state index in [2.05, 4.69) is 10.6 Å². The normalized spacial score (nSPS) is 13.5. The van der Waals surface area contributed by atoms with Gasteiger partial charge in [-0.3, -0.25) is 9.59 Å². The van der Waals surface area contributed by atoms with Crippen LogP contribution in [0.15, 0.2) is 47.4 Å². The third-order valence-corrected chi connectivity index (χ3v) is 4.70. The van der Waals surface area contributed by atoms with Gasteiger partial charge in [0.2, 0.25) is 5.91 Å². The summed E-state index contributed by atoms with van der Waals surface area (Å²) >= 11 is 1.40. The Kier molecular flexibility index (Phi) is 5.59. The van der Waals surface area contributed by atoms with Gasteiger partial charge in [-0.1, -0.05) is 12.1 Å². The summed E-state index contributed by atoms with van der Waals surface area (Å²) in [6.45, 7) is -1.25. The molecule has 0 spiro atoms. The summed E-state index contributed by atoms with van der Waals surface area (Å²) in [5.74, 6) is -0.0665. The maximum atomic E-state index is 12.3. The van der Waals surface area contributed by atoms with Crippen LogP contribution < -0.4 is 15.4 Å². The number of nitrogens with one attached hydrogen (secondary N) is 2. The minimum absolute atomic E-state index is 0.0765. The second-order valence-electron chi connectivity index (χ2n) is 5.78. The van der Waals surface area contributed by atoms with Crippen molar-refractivity contribution in [2.45, 2.75) is 17.6 Å². The number of benzene rings is 2. The van der Waals surface area contributed by atoms with Crippen LogP contribution in [0.2, 0.25) is 0 Å². The summed E-state index contributed by atoms with van der Waals surface area (Å²) in [6.07, 6.45) is -4.41. The number of fused-ring (bicyclic) bond motifs is 1. The van der Waals surface area contributed by atoms with Crippen LogP contribution >= 0.6 is 11.8 Å². The predicted octanol–water partition coefficient (Wildman–Crippen LogP) is 3.60. The van der Waals surface area contributed by atoms with Crippen LogP contribution in [0.3, 0.4) is 0 Å². The van der Waals surface area contributed by atoms with Crippen LogP contribution in [-0.2, 0) is 11.3 Å². The third-order valence-electron chi connectivity index (χ3n) is 3.63. The Labute approximate surface area is 157 Å². The molecule has 0 fully saturated rings. The van der Waals surface area contributed by atoms with Crippen molar-refractivity contribution in [1.29, 1.82) is 0 Å².